The molecular weight excluding hydrogens is 340 g/mol. The zero-order valence-electron chi connectivity index (χ0n) is 14.2. The van der Waals surface area contributed by atoms with Crippen LogP contribution in [0.4, 0.5) is 0 Å². The number of thiazole rings is 1. The Kier molecular flexibility index (Phi) is 5.58. The molecule has 1 aromatic carbocycles. The number of morpholine rings is 1. The molecule has 2 atom stereocenters. The fourth-order valence-electron chi connectivity index (χ4n) is 2.85. The average molecular weight is 363 g/mol. The number of hydrogen-bond donors (Lipinski definition) is 0. The number of hydrogen-bond acceptors (Lipinski definition) is 5. The van der Waals surface area contributed by atoms with Crippen molar-refractivity contribution in [3.63, 3.8) is 0 Å². The molecule has 0 spiro atoms. The largest absolute Gasteiger partial charge is 0.372 e. The zero-order valence-corrected chi connectivity index (χ0v) is 15.8. The predicted octanol–water partition coefficient (Wildman–Crippen LogP) is 3.99. The van der Waals surface area contributed by atoms with E-state index in [2.05, 4.69) is 10.4 Å². The topological polar surface area (TPSA) is 42.4 Å². The first-order chi connectivity index (χ1) is 11.5. The minimum absolute atomic E-state index is 0.0867. The van der Waals surface area contributed by atoms with Crippen LogP contribution in [-0.4, -0.2) is 41.1 Å². The molecule has 1 saturated heterocycles. The third-order valence-corrected chi connectivity index (χ3v) is 5.73. The highest BCUT2D eigenvalue weighted by molar-refractivity contribution is 7.98. The van der Waals surface area contributed by atoms with Crippen molar-refractivity contribution in [2.24, 2.45) is 0 Å². The third-order valence-electron chi connectivity index (χ3n) is 3.86. The molecule has 2 heterocycles. The maximum Gasteiger partial charge on any atom is 0.254 e. The standard InChI is InChI=1S/C18H22N2O2S2/c1-12-8-20(9-13(2)22-12)18(21)15-4-6-17(7-5-15)24-11-16-10-23-14(3)19-16/h4-7,10,12-13H,8-9,11H2,1-3H3/t12-,13-/m1/s1. The SMILES string of the molecule is Cc1nc(CSc2ccc(C(=O)N3C[C@@H](C)O[C@H](C)C3)cc2)cs1. The minimum atomic E-state index is 0.0867. The first-order valence-corrected chi connectivity index (χ1v) is 9.96. The smallest absolute Gasteiger partial charge is 0.254 e. The lowest BCUT2D eigenvalue weighted by atomic mass is 10.1. The Hall–Kier alpha value is -1.37. The highest BCUT2D eigenvalue weighted by Crippen LogP contribution is 2.24. The Morgan fingerprint density at radius 1 is 1.29 bits per heavy atom. The maximum atomic E-state index is 12.6. The molecule has 24 heavy (non-hydrogen) atoms. The van der Waals surface area contributed by atoms with Gasteiger partial charge in [0.05, 0.1) is 22.9 Å². The van der Waals surface area contributed by atoms with Gasteiger partial charge >= 0.3 is 0 Å². The average Bonchev–Trinajstić information content (AvgIpc) is 2.97. The van der Waals surface area contributed by atoms with Gasteiger partial charge in [-0.1, -0.05) is 0 Å². The van der Waals surface area contributed by atoms with E-state index in [0.717, 1.165) is 26.9 Å². The summed E-state index contributed by atoms with van der Waals surface area (Å²) in [6.07, 6.45) is 0.184. The van der Waals surface area contributed by atoms with Gasteiger partial charge in [0.2, 0.25) is 0 Å². The number of amides is 1. The highest BCUT2D eigenvalue weighted by atomic mass is 32.2. The first kappa shape index (κ1) is 17.5. The van der Waals surface area contributed by atoms with Gasteiger partial charge in [-0.2, -0.15) is 0 Å². The van der Waals surface area contributed by atoms with Crippen molar-refractivity contribution in [1.82, 2.24) is 9.88 Å². The van der Waals surface area contributed by atoms with Crippen LogP contribution in [0.3, 0.4) is 0 Å². The van der Waals surface area contributed by atoms with Crippen LogP contribution in [0.1, 0.15) is 34.9 Å². The molecule has 0 radical (unpaired) electrons. The van der Waals surface area contributed by atoms with E-state index in [1.54, 1.807) is 23.1 Å². The second-order valence-electron chi connectivity index (χ2n) is 6.14. The van der Waals surface area contributed by atoms with E-state index in [-0.39, 0.29) is 18.1 Å². The van der Waals surface area contributed by atoms with Crippen LogP contribution in [0.25, 0.3) is 0 Å². The quantitative estimate of drug-likeness (QED) is 0.771. The Labute approximate surface area is 151 Å². The van der Waals surface area contributed by atoms with Gasteiger partial charge < -0.3 is 9.64 Å². The van der Waals surface area contributed by atoms with E-state index in [9.17, 15) is 4.79 Å². The Bertz CT molecular complexity index is 689. The van der Waals surface area contributed by atoms with Crippen LogP contribution in [0.2, 0.25) is 0 Å². The molecule has 4 nitrogen and oxygen atoms in total. The van der Waals surface area contributed by atoms with Gasteiger partial charge in [-0.25, -0.2) is 4.98 Å². The van der Waals surface area contributed by atoms with Gasteiger partial charge in [0, 0.05) is 34.7 Å². The van der Waals surface area contributed by atoms with Crippen molar-refractivity contribution < 1.29 is 9.53 Å². The normalized spacial score (nSPS) is 21.0. The molecule has 1 aliphatic rings. The molecule has 0 bridgehead atoms. The second-order valence-corrected chi connectivity index (χ2v) is 8.25. The summed E-state index contributed by atoms with van der Waals surface area (Å²) in [6, 6.07) is 7.87. The van der Waals surface area contributed by atoms with Crippen LogP contribution in [-0.2, 0) is 10.5 Å². The third kappa shape index (κ3) is 4.37. The number of ether oxygens (including phenoxy) is 1. The van der Waals surface area contributed by atoms with E-state index in [1.807, 2.05) is 49.9 Å². The lowest BCUT2D eigenvalue weighted by molar-refractivity contribution is -0.0586. The number of aromatic nitrogens is 1. The molecule has 1 fully saturated rings. The molecule has 1 amide bonds. The van der Waals surface area contributed by atoms with Gasteiger partial charge in [0.25, 0.3) is 5.91 Å². The molecule has 1 aliphatic heterocycles. The summed E-state index contributed by atoms with van der Waals surface area (Å²) in [5.74, 6) is 0.944. The highest BCUT2D eigenvalue weighted by Gasteiger charge is 2.26. The van der Waals surface area contributed by atoms with Crippen LogP contribution in [0.15, 0.2) is 34.5 Å². The number of nitrogens with zero attached hydrogens (tertiary/aromatic N) is 2. The van der Waals surface area contributed by atoms with Gasteiger partial charge in [0.15, 0.2) is 0 Å². The van der Waals surface area contributed by atoms with E-state index in [0.29, 0.717) is 13.1 Å². The van der Waals surface area contributed by atoms with Crippen molar-refractivity contribution in [3.05, 3.63) is 45.9 Å². The number of benzene rings is 1. The predicted molar refractivity (Wildman–Crippen MR) is 98.8 cm³/mol. The molecule has 128 valence electrons. The van der Waals surface area contributed by atoms with E-state index in [4.69, 9.17) is 4.74 Å². The molecule has 1 aromatic heterocycles. The fraction of sp³-hybridized carbons (Fsp3) is 0.444. The summed E-state index contributed by atoms with van der Waals surface area (Å²) in [7, 11) is 0. The van der Waals surface area contributed by atoms with E-state index in [1.165, 1.54) is 0 Å². The monoisotopic (exact) mass is 362 g/mol. The van der Waals surface area contributed by atoms with Gasteiger partial charge in [-0.3, -0.25) is 4.79 Å². The second kappa shape index (κ2) is 7.68. The van der Waals surface area contributed by atoms with E-state index < -0.39 is 0 Å². The number of thioether (sulfide) groups is 1. The van der Waals surface area contributed by atoms with Crippen LogP contribution < -0.4 is 0 Å². The minimum Gasteiger partial charge on any atom is -0.372 e. The van der Waals surface area contributed by atoms with E-state index >= 15 is 0 Å². The van der Waals surface area contributed by atoms with Crippen LogP contribution in [0.5, 0.6) is 0 Å². The van der Waals surface area contributed by atoms with Crippen LogP contribution >= 0.6 is 23.1 Å². The van der Waals surface area contributed by atoms with Crippen molar-refractivity contribution in [2.45, 2.75) is 43.6 Å². The molecule has 6 heteroatoms. The summed E-state index contributed by atoms with van der Waals surface area (Å²) < 4.78 is 5.69. The summed E-state index contributed by atoms with van der Waals surface area (Å²) in [6.45, 7) is 7.35. The molecule has 2 aromatic rings. The molecule has 0 aliphatic carbocycles. The molecule has 0 saturated carbocycles. The summed E-state index contributed by atoms with van der Waals surface area (Å²) in [5.41, 5.74) is 1.85. The molecular formula is C18H22N2O2S2. The molecule has 3 rings (SSSR count). The Morgan fingerprint density at radius 2 is 1.96 bits per heavy atom. The van der Waals surface area contributed by atoms with Crippen LogP contribution in [0, 0.1) is 6.92 Å². The lowest BCUT2D eigenvalue weighted by Gasteiger charge is -2.35. The number of rotatable bonds is 4. The number of aryl methyl sites for hydroxylation is 1. The maximum absolute atomic E-state index is 12.6. The van der Waals surface area contributed by atoms with Gasteiger partial charge in [-0.05, 0) is 45.0 Å². The van der Waals surface area contributed by atoms with Gasteiger partial charge in [0.1, 0.15) is 0 Å². The van der Waals surface area contributed by atoms with Crippen molar-refractivity contribution >= 4 is 29.0 Å². The van der Waals surface area contributed by atoms with Crippen molar-refractivity contribution in [3.8, 4) is 0 Å². The van der Waals surface area contributed by atoms with Crippen molar-refractivity contribution in [1.29, 1.82) is 0 Å². The first-order valence-electron chi connectivity index (χ1n) is 8.10. The summed E-state index contributed by atoms with van der Waals surface area (Å²) in [5, 5.41) is 3.20. The summed E-state index contributed by atoms with van der Waals surface area (Å²) in [4.78, 5) is 20.2. The molecule has 0 unspecified atom stereocenters. The fourth-order valence-corrected chi connectivity index (χ4v) is 4.36. The van der Waals surface area contributed by atoms with Crippen molar-refractivity contribution in [2.75, 3.05) is 13.1 Å². The van der Waals surface area contributed by atoms with Gasteiger partial charge in [-0.15, -0.1) is 23.1 Å². The Balaban J connectivity index is 1.60. The number of carbonyl (C=O) groups is 1. The summed E-state index contributed by atoms with van der Waals surface area (Å²) >= 11 is 3.42. The number of carbonyl (C=O) groups excluding carboxylic acids is 1. The Morgan fingerprint density at radius 3 is 2.54 bits per heavy atom. The lowest BCUT2D eigenvalue weighted by Crippen LogP contribution is -2.48. The zero-order chi connectivity index (χ0) is 17.1. The molecule has 0 N–H and O–H groups in total.